The third-order valence-electron chi connectivity index (χ3n) is 3.20. The van der Waals surface area contributed by atoms with Crippen LogP contribution in [0.1, 0.15) is 11.1 Å². The molecule has 0 aromatic heterocycles. The highest BCUT2D eigenvalue weighted by Gasteiger charge is 2.15. The Morgan fingerprint density at radius 2 is 1.76 bits per heavy atom. The normalized spacial score (nSPS) is 10.7. The van der Waals surface area contributed by atoms with E-state index >= 15 is 0 Å². The SMILES string of the molecule is CN(Cc1cccc(Br)c1)c1c(F)cc(CCN)cc1F. The molecular formula is C16H17BrF2N2. The second-order valence-electron chi connectivity index (χ2n) is 4.93. The van der Waals surface area contributed by atoms with Gasteiger partial charge in [-0.25, -0.2) is 8.78 Å². The monoisotopic (exact) mass is 354 g/mol. The molecule has 0 bridgehead atoms. The third kappa shape index (κ3) is 4.02. The molecule has 0 atom stereocenters. The highest BCUT2D eigenvalue weighted by molar-refractivity contribution is 9.10. The Labute approximate surface area is 131 Å². The van der Waals surface area contributed by atoms with E-state index in [0.29, 0.717) is 25.1 Å². The van der Waals surface area contributed by atoms with Gasteiger partial charge in [0.05, 0.1) is 0 Å². The second-order valence-corrected chi connectivity index (χ2v) is 5.85. The Kier molecular flexibility index (Phi) is 5.31. The molecule has 0 fully saturated rings. The molecule has 2 aromatic rings. The molecule has 0 spiro atoms. The van der Waals surface area contributed by atoms with Crippen molar-refractivity contribution >= 4 is 21.6 Å². The molecule has 0 unspecified atom stereocenters. The van der Waals surface area contributed by atoms with E-state index in [9.17, 15) is 8.78 Å². The summed E-state index contributed by atoms with van der Waals surface area (Å²) in [6.07, 6.45) is 0.462. The van der Waals surface area contributed by atoms with Crippen LogP contribution in [0.25, 0.3) is 0 Å². The van der Waals surface area contributed by atoms with E-state index in [1.807, 2.05) is 24.3 Å². The minimum atomic E-state index is -0.559. The maximum Gasteiger partial charge on any atom is 0.149 e. The summed E-state index contributed by atoms with van der Waals surface area (Å²) < 4.78 is 29.2. The molecule has 21 heavy (non-hydrogen) atoms. The summed E-state index contributed by atoms with van der Waals surface area (Å²) in [5.41, 5.74) is 6.94. The summed E-state index contributed by atoms with van der Waals surface area (Å²) >= 11 is 3.39. The van der Waals surface area contributed by atoms with Crippen LogP contribution >= 0.6 is 15.9 Å². The molecule has 0 aliphatic rings. The first-order valence-corrected chi connectivity index (χ1v) is 7.44. The van der Waals surface area contributed by atoms with Crippen molar-refractivity contribution in [2.45, 2.75) is 13.0 Å². The molecule has 5 heteroatoms. The number of hydrogen-bond acceptors (Lipinski definition) is 2. The van der Waals surface area contributed by atoms with Gasteiger partial charge in [-0.3, -0.25) is 0 Å². The van der Waals surface area contributed by atoms with Crippen LogP contribution in [0.2, 0.25) is 0 Å². The van der Waals surface area contributed by atoms with Crippen LogP contribution in [-0.2, 0) is 13.0 Å². The molecule has 0 saturated heterocycles. The Morgan fingerprint density at radius 1 is 1.10 bits per heavy atom. The van der Waals surface area contributed by atoms with Crippen LogP contribution in [0.15, 0.2) is 40.9 Å². The highest BCUT2D eigenvalue weighted by atomic mass is 79.9. The molecule has 0 amide bonds. The minimum Gasteiger partial charge on any atom is -0.366 e. The molecule has 0 saturated carbocycles. The van der Waals surface area contributed by atoms with Gasteiger partial charge in [-0.1, -0.05) is 28.1 Å². The molecule has 112 valence electrons. The van der Waals surface area contributed by atoms with Crippen LogP contribution in [0.4, 0.5) is 14.5 Å². The minimum absolute atomic E-state index is 0.0178. The van der Waals surface area contributed by atoms with Gasteiger partial charge in [0, 0.05) is 18.1 Å². The number of hydrogen-bond donors (Lipinski definition) is 1. The number of halogens is 3. The number of rotatable bonds is 5. The fourth-order valence-corrected chi connectivity index (χ4v) is 2.73. The largest absolute Gasteiger partial charge is 0.366 e. The van der Waals surface area contributed by atoms with E-state index in [0.717, 1.165) is 10.0 Å². The molecule has 0 radical (unpaired) electrons. The molecule has 2 aromatic carbocycles. The van der Waals surface area contributed by atoms with Gasteiger partial charge >= 0.3 is 0 Å². The summed E-state index contributed by atoms with van der Waals surface area (Å²) in [4.78, 5) is 1.57. The Hall–Kier alpha value is -1.46. The Bertz CT molecular complexity index is 608. The van der Waals surface area contributed by atoms with Gasteiger partial charge in [0.2, 0.25) is 0 Å². The summed E-state index contributed by atoms with van der Waals surface area (Å²) in [5.74, 6) is -1.12. The standard InChI is InChI=1S/C16H17BrF2N2/c1-21(10-12-3-2-4-13(17)7-12)16-14(18)8-11(5-6-20)9-15(16)19/h2-4,7-9H,5-6,10,20H2,1H3. The van der Waals surface area contributed by atoms with E-state index < -0.39 is 11.6 Å². The van der Waals surface area contributed by atoms with Gasteiger partial charge in [0.1, 0.15) is 17.3 Å². The molecule has 0 aliphatic carbocycles. The Balaban J connectivity index is 2.24. The number of nitrogens with two attached hydrogens (primary N) is 1. The number of benzene rings is 2. The quantitative estimate of drug-likeness (QED) is 0.883. The van der Waals surface area contributed by atoms with Gasteiger partial charge in [0.25, 0.3) is 0 Å². The summed E-state index contributed by atoms with van der Waals surface area (Å²) in [6, 6.07) is 10.3. The molecule has 0 heterocycles. The lowest BCUT2D eigenvalue weighted by Gasteiger charge is -2.21. The average Bonchev–Trinajstić information content (AvgIpc) is 2.38. The van der Waals surface area contributed by atoms with E-state index in [1.165, 1.54) is 12.1 Å². The molecule has 2 rings (SSSR count). The molecular weight excluding hydrogens is 338 g/mol. The van der Waals surface area contributed by atoms with Crippen LogP contribution in [-0.4, -0.2) is 13.6 Å². The average molecular weight is 355 g/mol. The molecule has 2 nitrogen and oxygen atoms in total. The van der Waals surface area contributed by atoms with E-state index in [4.69, 9.17) is 5.73 Å². The van der Waals surface area contributed by atoms with Crippen molar-refractivity contribution in [3.63, 3.8) is 0 Å². The van der Waals surface area contributed by atoms with Crippen LogP contribution in [0.3, 0.4) is 0 Å². The molecule has 2 N–H and O–H groups in total. The molecule has 0 aliphatic heterocycles. The van der Waals surface area contributed by atoms with Crippen LogP contribution < -0.4 is 10.6 Å². The maximum atomic E-state index is 14.1. The fourth-order valence-electron chi connectivity index (χ4n) is 2.28. The third-order valence-corrected chi connectivity index (χ3v) is 3.69. The lowest BCUT2D eigenvalue weighted by Crippen LogP contribution is -2.19. The van der Waals surface area contributed by atoms with E-state index in [-0.39, 0.29) is 5.69 Å². The predicted molar refractivity (Wildman–Crippen MR) is 85.4 cm³/mol. The predicted octanol–water partition coefficient (Wildman–Crippen LogP) is 3.86. The first-order valence-electron chi connectivity index (χ1n) is 6.65. The van der Waals surface area contributed by atoms with Crippen molar-refractivity contribution in [1.29, 1.82) is 0 Å². The van der Waals surface area contributed by atoms with Crippen molar-refractivity contribution in [3.8, 4) is 0 Å². The smallest absolute Gasteiger partial charge is 0.149 e. The zero-order valence-electron chi connectivity index (χ0n) is 11.7. The van der Waals surface area contributed by atoms with Crippen molar-refractivity contribution in [2.24, 2.45) is 5.73 Å². The van der Waals surface area contributed by atoms with Crippen molar-refractivity contribution < 1.29 is 8.78 Å². The van der Waals surface area contributed by atoms with Crippen molar-refractivity contribution in [2.75, 3.05) is 18.5 Å². The lowest BCUT2D eigenvalue weighted by atomic mass is 10.1. The van der Waals surface area contributed by atoms with Crippen LogP contribution in [0.5, 0.6) is 0 Å². The van der Waals surface area contributed by atoms with Crippen molar-refractivity contribution in [1.82, 2.24) is 0 Å². The summed E-state index contributed by atoms with van der Waals surface area (Å²) in [5, 5.41) is 0. The van der Waals surface area contributed by atoms with Crippen molar-refractivity contribution in [3.05, 3.63) is 63.6 Å². The van der Waals surface area contributed by atoms with E-state index in [2.05, 4.69) is 15.9 Å². The van der Waals surface area contributed by atoms with Gasteiger partial charge in [-0.2, -0.15) is 0 Å². The second kappa shape index (κ2) is 7.00. The summed E-state index contributed by atoms with van der Waals surface area (Å²) in [6.45, 7) is 0.787. The number of nitrogens with zero attached hydrogens (tertiary/aromatic N) is 1. The summed E-state index contributed by atoms with van der Waals surface area (Å²) in [7, 11) is 1.67. The zero-order valence-corrected chi connectivity index (χ0v) is 13.3. The highest BCUT2D eigenvalue weighted by Crippen LogP contribution is 2.26. The lowest BCUT2D eigenvalue weighted by molar-refractivity contribution is 0.573. The number of anilines is 1. The topological polar surface area (TPSA) is 29.3 Å². The van der Waals surface area contributed by atoms with Gasteiger partial charge in [0.15, 0.2) is 0 Å². The van der Waals surface area contributed by atoms with Gasteiger partial charge in [-0.15, -0.1) is 0 Å². The zero-order chi connectivity index (χ0) is 15.4. The first kappa shape index (κ1) is 15.9. The maximum absolute atomic E-state index is 14.1. The van der Waals surface area contributed by atoms with Gasteiger partial charge in [-0.05, 0) is 48.4 Å². The van der Waals surface area contributed by atoms with E-state index in [1.54, 1.807) is 11.9 Å². The first-order chi connectivity index (χ1) is 10.0. The van der Waals surface area contributed by atoms with Crippen LogP contribution in [0, 0.1) is 11.6 Å². The van der Waals surface area contributed by atoms with Gasteiger partial charge < -0.3 is 10.6 Å². The fraction of sp³-hybridized carbons (Fsp3) is 0.250. The Morgan fingerprint density at radius 3 is 2.33 bits per heavy atom.